The van der Waals surface area contributed by atoms with Crippen molar-refractivity contribution in [3.8, 4) is 0 Å². The molecule has 5 heteroatoms. The van der Waals surface area contributed by atoms with Gasteiger partial charge < -0.3 is 10.4 Å². The van der Waals surface area contributed by atoms with Gasteiger partial charge in [0.25, 0.3) is 5.91 Å². The predicted octanol–water partition coefficient (Wildman–Crippen LogP) is 2.88. The van der Waals surface area contributed by atoms with E-state index < -0.39 is 23.3 Å². The first-order valence-corrected chi connectivity index (χ1v) is 6.30. The second-order valence-corrected chi connectivity index (χ2v) is 6.06. The van der Waals surface area contributed by atoms with Gasteiger partial charge in [0.15, 0.2) is 0 Å². The maximum absolute atomic E-state index is 12.1. The minimum Gasteiger partial charge on any atom is -0.480 e. The van der Waals surface area contributed by atoms with Gasteiger partial charge in [0.2, 0.25) is 0 Å². The highest BCUT2D eigenvalue weighted by Crippen LogP contribution is 2.21. The van der Waals surface area contributed by atoms with Crippen LogP contribution in [0.4, 0.5) is 0 Å². The first-order chi connectivity index (χ1) is 8.61. The molecule has 0 radical (unpaired) electrons. The Hall–Kier alpha value is -1.55. The number of hydrogen-bond donors (Lipinski definition) is 2. The molecular formula is C14H18ClNO3. The monoisotopic (exact) mass is 283 g/mol. The molecule has 0 aliphatic carbocycles. The number of hydrogen-bond acceptors (Lipinski definition) is 2. The Balaban J connectivity index is 2.97. The van der Waals surface area contributed by atoms with Crippen molar-refractivity contribution in [2.75, 3.05) is 0 Å². The fourth-order valence-corrected chi connectivity index (χ4v) is 2.02. The smallest absolute Gasteiger partial charge is 0.326 e. The van der Waals surface area contributed by atoms with Crippen molar-refractivity contribution >= 4 is 23.5 Å². The lowest BCUT2D eigenvalue weighted by molar-refractivity contribution is -0.142. The van der Waals surface area contributed by atoms with E-state index in [4.69, 9.17) is 11.6 Å². The van der Waals surface area contributed by atoms with Gasteiger partial charge in [0.05, 0.1) is 0 Å². The van der Waals surface area contributed by atoms with Gasteiger partial charge in [-0.05, 0) is 36.1 Å². The molecule has 19 heavy (non-hydrogen) atoms. The summed E-state index contributed by atoms with van der Waals surface area (Å²) in [6, 6.07) is 3.96. The lowest BCUT2D eigenvalue weighted by Crippen LogP contribution is -2.49. The third-order valence-corrected chi connectivity index (χ3v) is 2.91. The standard InChI is InChI=1S/C14H18ClNO3/c1-8-5-9(7-10(15)6-8)12(17)16-11(13(18)19)14(2,3)4/h5-7,11H,1-4H3,(H,16,17)(H,18,19)/t11-/m0/s1. The Morgan fingerprint density at radius 1 is 1.26 bits per heavy atom. The highest BCUT2D eigenvalue weighted by molar-refractivity contribution is 6.31. The molecular weight excluding hydrogens is 266 g/mol. The Kier molecular flexibility index (Phi) is 4.58. The number of benzene rings is 1. The molecule has 0 saturated heterocycles. The van der Waals surface area contributed by atoms with Gasteiger partial charge in [-0.15, -0.1) is 0 Å². The van der Waals surface area contributed by atoms with E-state index in [1.165, 1.54) is 6.07 Å². The number of aliphatic carboxylic acids is 1. The zero-order valence-corrected chi connectivity index (χ0v) is 12.2. The summed E-state index contributed by atoms with van der Waals surface area (Å²) < 4.78 is 0. The fourth-order valence-electron chi connectivity index (χ4n) is 1.73. The molecule has 1 aromatic carbocycles. The number of halogens is 1. The predicted molar refractivity (Wildman–Crippen MR) is 74.5 cm³/mol. The van der Waals surface area contributed by atoms with Gasteiger partial charge in [-0.2, -0.15) is 0 Å². The van der Waals surface area contributed by atoms with Gasteiger partial charge in [0.1, 0.15) is 6.04 Å². The maximum Gasteiger partial charge on any atom is 0.326 e. The minimum absolute atomic E-state index is 0.362. The molecule has 0 aliphatic rings. The SMILES string of the molecule is Cc1cc(Cl)cc(C(=O)N[C@@H](C(=O)O)C(C)(C)C)c1. The van der Waals surface area contributed by atoms with E-state index in [-0.39, 0.29) is 0 Å². The van der Waals surface area contributed by atoms with E-state index in [1.807, 2.05) is 6.92 Å². The van der Waals surface area contributed by atoms with E-state index in [0.717, 1.165) is 5.56 Å². The van der Waals surface area contributed by atoms with E-state index in [9.17, 15) is 14.7 Å². The van der Waals surface area contributed by atoms with Crippen LogP contribution in [0.5, 0.6) is 0 Å². The molecule has 2 N–H and O–H groups in total. The Labute approximate surface area is 117 Å². The molecule has 4 nitrogen and oxygen atoms in total. The molecule has 104 valence electrons. The van der Waals surface area contributed by atoms with Crippen LogP contribution in [0.2, 0.25) is 5.02 Å². The molecule has 1 aromatic rings. The number of carbonyl (C=O) groups excluding carboxylic acids is 1. The van der Waals surface area contributed by atoms with Crippen LogP contribution in [0.3, 0.4) is 0 Å². The summed E-state index contributed by atoms with van der Waals surface area (Å²) >= 11 is 5.89. The number of nitrogens with one attached hydrogen (secondary N) is 1. The largest absolute Gasteiger partial charge is 0.480 e. The Morgan fingerprint density at radius 3 is 2.26 bits per heavy atom. The zero-order valence-electron chi connectivity index (χ0n) is 11.5. The summed E-state index contributed by atoms with van der Waals surface area (Å²) in [6.07, 6.45) is 0. The maximum atomic E-state index is 12.1. The van der Waals surface area contributed by atoms with Gasteiger partial charge >= 0.3 is 5.97 Å². The fraction of sp³-hybridized carbons (Fsp3) is 0.429. The number of amides is 1. The average molecular weight is 284 g/mol. The van der Waals surface area contributed by atoms with E-state index in [0.29, 0.717) is 10.6 Å². The number of carbonyl (C=O) groups is 2. The second-order valence-electron chi connectivity index (χ2n) is 5.63. The summed E-state index contributed by atoms with van der Waals surface area (Å²) in [5.74, 6) is -1.49. The van der Waals surface area contributed by atoms with Crippen LogP contribution < -0.4 is 5.32 Å². The summed E-state index contributed by atoms with van der Waals surface area (Å²) in [5, 5.41) is 12.2. The summed E-state index contributed by atoms with van der Waals surface area (Å²) in [5.41, 5.74) is 0.635. The molecule has 0 unspecified atom stereocenters. The van der Waals surface area contributed by atoms with E-state index >= 15 is 0 Å². The first kappa shape index (κ1) is 15.5. The molecule has 0 aromatic heterocycles. The lowest BCUT2D eigenvalue weighted by atomic mass is 9.86. The molecule has 0 spiro atoms. The van der Waals surface area contributed by atoms with Crippen molar-refractivity contribution in [2.45, 2.75) is 33.7 Å². The van der Waals surface area contributed by atoms with Crippen LogP contribution in [-0.2, 0) is 4.79 Å². The van der Waals surface area contributed by atoms with Crippen molar-refractivity contribution in [3.05, 3.63) is 34.3 Å². The Morgan fingerprint density at radius 2 is 1.84 bits per heavy atom. The average Bonchev–Trinajstić information content (AvgIpc) is 2.21. The van der Waals surface area contributed by atoms with Gasteiger partial charge in [-0.1, -0.05) is 32.4 Å². The van der Waals surface area contributed by atoms with E-state index in [1.54, 1.807) is 32.9 Å². The molecule has 0 heterocycles. The van der Waals surface area contributed by atoms with Crippen molar-refractivity contribution in [3.63, 3.8) is 0 Å². The highest BCUT2D eigenvalue weighted by Gasteiger charge is 2.32. The topological polar surface area (TPSA) is 66.4 Å². The number of rotatable bonds is 3. The van der Waals surface area contributed by atoms with Gasteiger partial charge in [-0.25, -0.2) is 4.79 Å². The number of carboxylic acids is 1. The van der Waals surface area contributed by atoms with E-state index in [2.05, 4.69) is 5.32 Å². The van der Waals surface area contributed by atoms with Crippen molar-refractivity contribution in [1.82, 2.24) is 5.32 Å². The molecule has 1 amide bonds. The summed E-state index contributed by atoms with van der Waals surface area (Å²) in [6.45, 7) is 7.10. The third kappa shape index (κ3) is 4.24. The third-order valence-electron chi connectivity index (χ3n) is 2.69. The molecule has 0 bridgehead atoms. The number of aryl methyl sites for hydroxylation is 1. The molecule has 1 atom stereocenters. The van der Waals surface area contributed by atoms with Crippen LogP contribution >= 0.6 is 11.6 Å². The second kappa shape index (κ2) is 5.61. The highest BCUT2D eigenvalue weighted by atomic mass is 35.5. The normalized spacial score (nSPS) is 12.9. The molecule has 0 aliphatic heterocycles. The minimum atomic E-state index is -1.06. The molecule has 1 rings (SSSR count). The van der Waals surface area contributed by atoms with Crippen LogP contribution in [-0.4, -0.2) is 23.0 Å². The number of carboxylic acid groups (broad SMARTS) is 1. The van der Waals surface area contributed by atoms with Crippen molar-refractivity contribution in [2.24, 2.45) is 5.41 Å². The van der Waals surface area contributed by atoms with Gasteiger partial charge in [-0.3, -0.25) is 4.79 Å². The molecule has 0 fully saturated rings. The summed E-state index contributed by atoms with van der Waals surface area (Å²) in [4.78, 5) is 23.3. The molecule has 0 saturated carbocycles. The van der Waals surface area contributed by atoms with Crippen LogP contribution in [0, 0.1) is 12.3 Å². The van der Waals surface area contributed by atoms with Crippen LogP contribution in [0.25, 0.3) is 0 Å². The van der Waals surface area contributed by atoms with Crippen LogP contribution in [0.1, 0.15) is 36.7 Å². The Bertz CT molecular complexity index is 486. The first-order valence-electron chi connectivity index (χ1n) is 5.92. The van der Waals surface area contributed by atoms with Crippen molar-refractivity contribution in [1.29, 1.82) is 0 Å². The van der Waals surface area contributed by atoms with Crippen LogP contribution in [0.15, 0.2) is 18.2 Å². The van der Waals surface area contributed by atoms with Gasteiger partial charge in [0, 0.05) is 10.6 Å². The quantitative estimate of drug-likeness (QED) is 0.896. The lowest BCUT2D eigenvalue weighted by Gasteiger charge is -2.27. The summed E-state index contributed by atoms with van der Waals surface area (Å²) in [7, 11) is 0. The zero-order chi connectivity index (χ0) is 14.8. The van der Waals surface area contributed by atoms with Crippen molar-refractivity contribution < 1.29 is 14.7 Å².